The van der Waals surface area contributed by atoms with Gasteiger partial charge in [0.25, 0.3) is 0 Å². The molecule has 0 heteroatoms. The number of hydrogen-bond acceptors (Lipinski definition) is 0. The number of benzene rings is 1. The molecule has 1 aromatic carbocycles. The molecule has 0 N–H and O–H groups in total. The van der Waals surface area contributed by atoms with Crippen molar-refractivity contribution in [2.45, 2.75) is 46.5 Å². The van der Waals surface area contributed by atoms with Crippen LogP contribution >= 0.6 is 0 Å². The van der Waals surface area contributed by atoms with E-state index >= 15 is 0 Å². The average molecular weight is 188 g/mol. The highest BCUT2D eigenvalue weighted by Crippen LogP contribution is 2.34. The molecule has 0 fully saturated rings. The minimum atomic E-state index is 0.499. The SMILES string of the molecule is Cc1cccc2c1CCCC(C)(C)C2. The van der Waals surface area contributed by atoms with Crippen LogP contribution in [0.4, 0.5) is 0 Å². The standard InChI is InChI=1S/C14H20/c1-11-6-4-7-12-10-14(2,3)9-5-8-13(11)12/h4,6-7H,5,8-10H2,1-3H3. The van der Waals surface area contributed by atoms with Gasteiger partial charge in [-0.15, -0.1) is 0 Å². The first kappa shape index (κ1) is 9.76. The highest BCUT2D eigenvalue weighted by Gasteiger charge is 2.23. The molecule has 1 aromatic rings. The van der Waals surface area contributed by atoms with Crippen LogP contribution < -0.4 is 0 Å². The summed E-state index contributed by atoms with van der Waals surface area (Å²) in [4.78, 5) is 0. The first-order valence-electron chi connectivity index (χ1n) is 5.66. The molecule has 0 atom stereocenters. The molecule has 0 saturated carbocycles. The van der Waals surface area contributed by atoms with Crippen LogP contribution in [-0.2, 0) is 12.8 Å². The number of rotatable bonds is 0. The van der Waals surface area contributed by atoms with E-state index in [9.17, 15) is 0 Å². The van der Waals surface area contributed by atoms with Gasteiger partial charge in [-0.1, -0.05) is 32.0 Å². The lowest BCUT2D eigenvalue weighted by atomic mass is 9.83. The molecule has 0 unspecified atom stereocenters. The number of fused-ring (bicyclic) bond motifs is 1. The van der Waals surface area contributed by atoms with Crippen LogP contribution in [0.3, 0.4) is 0 Å². The molecule has 0 aromatic heterocycles. The van der Waals surface area contributed by atoms with Crippen molar-refractivity contribution in [2.75, 3.05) is 0 Å². The minimum absolute atomic E-state index is 0.499. The van der Waals surface area contributed by atoms with Crippen LogP contribution in [-0.4, -0.2) is 0 Å². The van der Waals surface area contributed by atoms with Crippen molar-refractivity contribution in [3.63, 3.8) is 0 Å². The predicted octanol–water partition coefficient (Wildman–Crippen LogP) is 3.90. The molecule has 1 aliphatic carbocycles. The Morgan fingerprint density at radius 1 is 1.21 bits per heavy atom. The summed E-state index contributed by atoms with van der Waals surface area (Å²) >= 11 is 0. The topological polar surface area (TPSA) is 0 Å². The summed E-state index contributed by atoms with van der Waals surface area (Å²) in [5.41, 5.74) is 5.20. The summed E-state index contributed by atoms with van der Waals surface area (Å²) in [6.45, 7) is 7.03. The molecule has 0 heterocycles. The fourth-order valence-corrected chi connectivity index (χ4v) is 2.63. The highest BCUT2D eigenvalue weighted by atomic mass is 14.3. The molecular formula is C14H20. The third-order valence-corrected chi connectivity index (χ3v) is 3.46. The molecule has 0 spiro atoms. The Labute approximate surface area is 87.3 Å². The molecule has 14 heavy (non-hydrogen) atoms. The first-order valence-corrected chi connectivity index (χ1v) is 5.66. The van der Waals surface area contributed by atoms with Crippen LogP contribution in [0.25, 0.3) is 0 Å². The molecule has 76 valence electrons. The summed E-state index contributed by atoms with van der Waals surface area (Å²) in [6, 6.07) is 6.77. The Morgan fingerprint density at radius 2 is 2.00 bits per heavy atom. The maximum absolute atomic E-state index is 2.39. The Balaban J connectivity index is 2.42. The van der Waals surface area contributed by atoms with Gasteiger partial charge in [-0.05, 0) is 54.7 Å². The summed E-state index contributed by atoms with van der Waals surface area (Å²) < 4.78 is 0. The quantitative estimate of drug-likeness (QED) is 0.542. The van der Waals surface area contributed by atoms with Crippen LogP contribution in [0.5, 0.6) is 0 Å². The largest absolute Gasteiger partial charge is 0.0617 e. The average Bonchev–Trinajstić information content (AvgIpc) is 2.23. The van der Waals surface area contributed by atoms with Crippen LogP contribution in [0.2, 0.25) is 0 Å². The fourth-order valence-electron chi connectivity index (χ4n) is 2.63. The predicted molar refractivity (Wildman–Crippen MR) is 61.6 cm³/mol. The third-order valence-electron chi connectivity index (χ3n) is 3.46. The lowest BCUT2D eigenvalue weighted by molar-refractivity contribution is 0.333. The van der Waals surface area contributed by atoms with Crippen molar-refractivity contribution >= 4 is 0 Å². The van der Waals surface area contributed by atoms with Gasteiger partial charge in [0.1, 0.15) is 0 Å². The van der Waals surface area contributed by atoms with Gasteiger partial charge in [0, 0.05) is 0 Å². The zero-order chi connectivity index (χ0) is 10.2. The zero-order valence-corrected chi connectivity index (χ0v) is 9.56. The summed E-state index contributed by atoms with van der Waals surface area (Å²) in [5.74, 6) is 0. The maximum atomic E-state index is 2.39. The van der Waals surface area contributed by atoms with E-state index in [0.29, 0.717) is 5.41 Å². The summed E-state index contributed by atoms with van der Waals surface area (Å²) in [7, 11) is 0. The van der Waals surface area contributed by atoms with E-state index in [2.05, 4.69) is 39.0 Å². The molecular weight excluding hydrogens is 168 g/mol. The van der Waals surface area contributed by atoms with Crippen molar-refractivity contribution in [3.8, 4) is 0 Å². The van der Waals surface area contributed by atoms with Gasteiger partial charge in [0.2, 0.25) is 0 Å². The van der Waals surface area contributed by atoms with Crippen molar-refractivity contribution in [1.82, 2.24) is 0 Å². The molecule has 0 nitrogen and oxygen atoms in total. The van der Waals surface area contributed by atoms with E-state index in [1.807, 2.05) is 0 Å². The third kappa shape index (κ3) is 1.84. The lowest BCUT2D eigenvalue weighted by Crippen LogP contribution is -2.13. The van der Waals surface area contributed by atoms with Crippen LogP contribution in [0, 0.1) is 12.3 Å². The van der Waals surface area contributed by atoms with Crippen molar-refractivity contribution in [1.29, 1.82) is 0 Å². The van der Waals surface area contributed by atoms with E-state index in [4.69, 9.17) is 0 Å². The number of aryl methyl sites for hydroxylation is 1. The van der Waals surface area contributed by atoms with Crippen molar-refractivity contribution in [3.05, 3.63) is 34.9 Å². The van der Waals surface area contributed by atoms with Gasteiger partial charge >= 0.3 is 0 Å². The lowest BCUT2D eigenvalue weighted by Gasteiger charge is -2.22. The normalized spacial score (nSPS) is 19.9. The summed E-state index contributed by atoms with van der Waals surface area (Å²) in [6.07, 6.45) is 5.25. The van der Waals surface area contributed by atoms with E-state index in [1.54, 1.807) is 11.1 Å². The molecule has 2 rings (SSSR count). The number of hydrogen-bond donors (Lipinski definition) is 0. The van der Waals surface area contributed by atoms with E-state index in [1.165, 1.54) is 31.2 Å². The molecule has 0 amide bonds. The second-order valence-electron chi connectivity index (χ2n) is 5.41. The molecule has 0 radical (unpaired) electrons. The summed E-state index contributed by atoms with van der Waals surface area (Å²) in [5, 5.41) is 0. The van der Waals surface area contributed by atoms with Crippen molar-refractivity contribution in [2.24, 2.45) is 5.41 Å². The van der Waals surface area contributed by atoms with Gasteiger partial charge in [-0.3, -0.25) is 0 Å². The van der Waals surface area contributed by atoms with Gasteiger partial charge in [0.15, 0.2) is 0 Å². The minimum Gasteiger partial charge on any atom is -0.0617 e. The van der Waals surface area contributed by atoms with E-state index in [-0.39, 0.29) is 0 Å². The Kier molecular flexibility index (Phi) is 2.38. The second kappa shape index (κ2) is 3.42. The zero-order valence-electron chi connectivity index (χ0n) is 9.56. The molecule has 0 saturated heterocycles. The fraction of sp³-hybridized carbons (Fsp3) is 0.571. The van der Waals surface area contributed by atoms with Crippen molar-refractivity contribution < 1.29 is 0 Å². The Hall–Kier alpha value is -0.780. The van der Waals surface area contributed by atoms with E-state index in [0.717, 1.165) is 0 Å². The van der Waals surface area contributed by atoms with E-state index < -0.39 is 0 Å². The Bertz CT molecular complexity index is 334. The molecule has 1 aliphatic rings. The monoisotopic (exact) mass is 188 g/mol. The molecule has 0 aliphatic heterocycles. The smallest absolute Gasteiger partial charge is 0.0224 e. The van der Waals surface area contributed by atoms with Gasteiger partial charge in [-0.2, -0.15) is 0 Å². The van der Waals surface area contributed by atoms with Crippen LogP contribution in [0.1, 0.15) is 43.4 Å². The molecule has 0 bridgehead atoms. The Morgan fingerprint density at radius 3 is 2.79 bits per heavy atom. The maximum Gasteiger partial charge on any atom is -0.0224 e. The van der Waals surface area contributed by atoms with Gasteiger partial charge in [-0.25, -0.2) is 0 Å². The second-order valence-corrected chi connectivity index (χ2v) is 5.41. The highest BCUT2D eigenvalue weighted by molar-refractivity contribution is 5.36. The van der Waals surface area contributed by atoms with Gasteiger partial charge < -0.3 is 0 Å². The van der Waals surface area contributed by atoms with Gasteiger partial charge in [0.05, 0.1) is 0 Å². The first-order chi connectivity index (χ1) is 6.58. The van der Waals surface area contributed by atoms with Crippen LogP contribution in [0.15, 0.2) is 18.2 Å².